The van der Waals surface area contributed by atoms with Crippen molar-refractivity contribution in [2.24, 2.45) is 0 Å². The van der Waals surface area contributed by atoms with Gasteiger partial charge in [0.15, 0.2) is 5.11 Å². The summed E-state index contributed by atoms with van der Waals surface area (Å²) >= 11 is 7.40. The van der Waals surface area contributed by atoms with Crippen LogP contribution in [0.3, 0.4) is 0 Å². The first-order chi connectivity index (χ1) is 13.9. The van der Waals surface area contributed by atoms with Crippen LogP contribution in [0.4, 0.5) is 5.69 Å². The number of amides is 2. The number of hydrogen-bond donors (Lipinski definition) is 1. The zero-order chi connectivity index (χ0) is 21.0. The van der Waals surface area contributed by atoms with E-state index in [4.69, 9.17) is 21.7 Å². The standard InChI is InChI=1S/C21H19IN2O4S/c1-3-27-15-7-5-6-14(12-15)24-20(26)16(19(25)23-21(24)29)10-13-8-9-18(28-4-2)17(22)11-13/h5-12H,3-4H2,1-2H3,(H,23,25,29)/b16-10+. The van der Waals surface area contributed by atoms with E-state index in [0.29, 0.717) is 30.2 Å². The fourth-order valence-electron chi connectivity index (χ4n) is 2.82. The van der Waals surface area contributed by atoms with Crippen LogP contribution in [0.1, 0.15) is 19.4 Å². The maximum Gasteiger partial charge on any atom is 0.270 e. The first kappa shape index (κ1) is 21.3. The minimum Gasteiger partial charge on any atom is -0.494 e. The SMILES string of the molecule is CCOc1cccc(N2C(=O)/C(=C/c3ccc(OCC)c(I)c3)C(=O)NC2=S)c1. The number of carbonyl (C=O) groups is 2. The molecule has 0 atom stereocenters. The molecule has 0 spiro atoms. The highest BCUT2D eigenvalue weighted by atomic mass is 127. The number of benzene rings is 2. The Morgan fingerprint density at radius 2 is 1.86 bits per heavy atom. The molecule has 1 heterocycles. The van der Waals surface area contributed by atoms with Crippen molar-refractivity contribution < 1.29 is 19.1 Å². The van der Waals surface area contributed by atoms with Crippen LogP contribution in [0.25, 0.3) is 6.08 Å². The van der Waals surface area contributed by atoms with Gasteiger partial charge in [-0.2, -0.15) is 0 Å². The van der Waals surface area contributed by atoms with Gasteiger partial charge in [-0.3, -0.25) is 19.8 Å². The van der Waals surface area contributed by atoms with Crippen molar-refractivity contribution in [3.05, 3.63) is 57.2 Å². The molecule has 0 unspecified atom stereocenters. The van der Waals surface area contributed by atoms with E-state index in [1.807, 2.05) is 26.0 Å². The molecule has 2 aromatic rings. The second-order valence-electron chi connectivity index (χ2n) is 6.01. The zero-order valence-corrected chi connectivity index (χ0v) is 18.9. The van der Waals surface area contributed by atoms with E-state index >= 15 is 0 Å². The second-order valence-corrected chi connectivity index (χ2v) is 7.56. The van der Waals surface area contributed by atoms with Crippen molar-refractivity contribution in [3.63, 3.8) is 0 Å². The van der Waals surface area contributed by atoms with Crippen LogP contribution in [-0.4, -0.2) is 30.1 Å². The summed E-state index contributed by atoms with van der Waals surface area (Å²) in [6.07, 6.45) is 1.55. The summed E-state index contributed by atoms with van der Waals surface area (Å²) in [5.74, 6) is 0.353. The zero-order valence-electron chi connectivity index (χ0n) is 15.9. The molecule has 8 heteroatoms. The molecule has 2 aromatic carbocycles. The highest BCUT2D eigenvalue weighted by molar-refractivity contribution is 14.1. The Bertz CT molecular complexity index is 1010. The lowest BCUT2D eigenvalue weighted by Gasteiger charge is -2.29. The molecule has 1 aliphatic rings. The van der Waals surface area contributed by atoms with Crippen molar-refractivity contribution in [3.8, 4) is 11.5 Å². The summed E-state index contributed by atoms with van der Waals surface area (Å²) in [5.41, 5.74) is 1.24. The molecule has 3 rings (SSSR count). The van der Waals surface area contributed by atoms with Gasteiger partial charge in [0.25, 0.3) is 11.8 Å². The average Bonchev–Trinajstić information content (AvgIpc) is 2.68. The molecule has 1 fully saturated rings. The Morgan fingerprint density at radius 1 is 1.10 bits per heavy atom. The van der Waals surface area contributed by atoms with Crippen LogP contribution in [0.5, 0.6) is 11.5 Å². The van der Waals surface area contributed by atoms with Gasteiger partial charge in [-0.15, -0.1) is 0 Å². The lowest BCUT2D eigenvalue weighted by molar-refractivity contribution is -0.122. The third-order valence-electron chi connectivity index (χ3n) is 4.06. The normalized spacial score (nSPS) is 15.5. The monoisotopic (exact) mass is 522 g/mol. The van der Waals surface area contributed by atoms with Crippen LogP contribution in [0.2, 0.25) is 0 Å². The van der Waals surface area contributed by atoms with Crippen LogP contribution >= 0.6 is 34.8 Å². The third-order valence-corrected chi connectivity index (χ3v) is 5.18. The predicted octanol–water partition coefficient (Wildman–Crippen LogP) is 3.92. The summed E-state index contributed by atoms with van der Waals surface area (Å²) in [7, 11) is 0. The highest BCUT2D eigenvalue weighted by Crippen LogP contribution is 2.27. The van der Waals surface area contributed by atoms with Crippen LogP contribution in [0, 0.1) is 3.57 Å². The lowest BCUT2D eigenvalue weighted by atomic mass is 10.1. The predicted molar refractivity (Wildman–Crippen MR) is 124 cm³/mol. The average molecular weight is 522 g/mol. The summed E-state index contributed by atoms with van der Waals surface area (Å²) in [6, 6.07) is 12.5. The Labute approximate surface area is 188 Å². The molecule has 0 aromatic heterocycles. The van der Waals surface area contributed by atoms with Crippen molar-refractivity contribution in [1.29, 1.82) is 0 Å². The molecule has 2 amide bonds. The molecule has 1 N–H and O–H groups in total. The van der Waals surface area contributed by atoms with Gasteiger partial charge >= 0.3 is 0 Å². The number of ether oxygens (including phenoxy) is 2. The fraction of sp³-hybridized carbons (Fsp3) is 0.190. The topological polar surface area (TPSA) is 67.9 Å². The first-order valence-electron chi connectivity index (χ1n) is 9.01. The van der Waals surface area contributed by atoms with E-state index < -0.39 is 11.8 Å². The Balaban J connectivity index is 1.96. The van der Waals surface area contributed by atoms with Crippen LogP contribution in [-0.2, 0) is 9.59 Å². The number of anilines is 1. The highest BCUT2D eigenvalue weighted by Gasteiger charge is 2.34. The van der Waals surface area contributed by atoms with Gasteiger partial charge in [-0.25, -0.2) is 0 Å². The van der Waals surface area contributed by atoms with Crippen molar-refractivity contribution in [2.75, 3.05) is 18.1 Å². The Hall–Kier alpha value is -2.46. The molecular weight excluding hydrogens is 503 g/mol. The molecular formula is C21H19IN2O4S. The van der Waals surface area contributed by atoms with E-state index in [1.54, 1.807) is 36.4 Å². The third kappa shape index (κ3) is 4.76. The number of nitrogens with zero attached hydrogens (tertiary/aromatic N) is 1. The molecule has 0 radical (unpaired) electrons. The quantitative estimate of drug-likeness (QED) is 0.270. The fourth-order valence-corrected chi connectivity index (χ4v) is 3.79. The lowest BCUT2D eigenvalue weighted by Crippen LogP contribution is -2.54. The maximum atomic E-state index is 13.1. The molecule has 0 saturated carbocycles. The second kappa shape index (κ2) is 9.36. The van der Waals surface area contributed by atoms with Crippen molar-refractivity contribution in [2.45, 2.75) is 13.8 Å². The smallest absolute Gasteiger partial charge is 0.270 e. The molecule has 29 heavy (non-hydrogen) atoms. The van der Waals surface area contributed by atoms with E-state index in [0.717, 1.165) is 9.32 Å². The van der Waals surface area contributed by atoms with Gasteiger partial charge in [0, 0.05) is 6.07 Å². The molecule has 1 aliphatic heterocycles. The summed E-state index contributed by atoms with van der Waals surface area (Å²) < 4.78 is 11.9. The van der Waals surface area contributed by atoms with Gasteiger partial charge in [0.05, 0.1) is 22.5 Å². The molecule has 0 aliphatic carbocycles. The number of rotatable bonds is 6. The maximum absolute atomic E-state index is 13.1. The van der Waals surface area contributed by atoms with E-state index in [2.05, 4.69) is 27.9 Å². The molecule has 0 bridgehead atoms. The number of nitrogens with one attached hydrogen (secondary N) is 1. The Kier molecular flexibility index (Phi) is 6.86. The van der Waals surface area contributed by atoms with Crippen molar-refractivity contribution in [1.82, 2.24) is 5.32 Å². The van der Waals surface area contributed by atoms with Crippen molar-refractivity contribution >= 4 is 63.5 Å². The van der Waals surface area contributed by atoms with E-state index in [9.17, 15) is 9.59 Å². The minimum atomic E-state index is -0.527. The van der Waals surface area contributed by atoms with Gasteiger partial charge in [-0.1, -0.05) is 12.1 Å². The Morgan fingerprint density at radius 3 is 2.55 bits per heavy atom. The van der Waals surface area contributed by atoms with E-state index in [1.165, 1.54) is 4.90 Å². The number of hydrogen-bond acceptors (Lipinski definition) is 5. The van der Waals surface area contributed by atoms with Gasteiger partial charge in [0.2, 0.25) is 0 Å². The van der Waals surface area contributed by atoms with E-state index in [-0.39, 0.29) is 10.7 Å². The number of halogens is 1. The van der Waals surface area contributed by atoms with Gasteiger partial charge < -0.3 is 9.47 Å². The summed E-state index contributed by atoms with van der Waals surface area (Å²) in [5, 5.41) is 2.62. The minimum absolute atomic E-state index is 0.000345. The molecule has 6 nitrogen and oxygen atoms in total. The molecule has 1 saturated heterocycles. The van der Waals surface area contributed by atoms with Gasteiger partial charge in [-0.05, 0) is 84.6 Å². The largest absolute Gasteiger partial charge is 0.494 e. The van der Waals surface area contributed by atoms with Crippen LogP contribution in [0.15, 0.2) is 48.0 Å². The number of carbonyl (C=O) groups excluding carboxylic acids is 2. The summed E-state index contributed by atoms with van der Waals surface area (Å²) in [4.78, 5) is 26.9. The summed E-state index contributed by atoms with van der Waals surface area (Å²) in [6.45, 7) is 4.85. The molecule has 150 valence electrons. The number of thiocarbonyl (C=S) groups is 1. The first-order valence-corrected chi connectivity index (χ1v) is 10.5. The van der Waals surface area contributed by atoms with Crippen LogP contribution < -0.4 is 19.7 Å². The van der Waals surface area contributed by atoms with Gasteiger partial charge in [0.1, 0.15) is 17.1 Å².